The maximum absolute atomic E-state index is 13.3. The number of carbonyl (C=O) groups excluding carboxylic acids is 3. The molecule has 0 radical (unpaired) electrons. The first-order chi connectivity index (χ1) is 19.6. The van der Waals surface area contributed by atoms with Gasteiger partial charge in [-0.15, -0.1) is 0 Å². The number of urea groups is 1. The maximum Gasteiger partial charge on any atom is 0.323 e. The average Bonchev–Trinajstić information content (AvgIpc) is 2.93. The van der Waals surface area contributed by atoms with Crippen molar-refractivity contribution in [1.29, 1.82) is 0 Å². The van der Waals surface area contributed by atoms with Crippen molar-refractivity contribution in [3.8, 4) is 0 Å². The van der Waals surface area contributed by atoms with Gasteiger partial charge in [-0.1, -0.05) is 74.5 Å². The molecule has 4 amide bonds. The van der Waals surface area contributed by atoms with E-state index in [1.54, 1.807) is 48.5 Å². The molecule has 3 rings (SSSR count). The molecule has 0 saturated carbocycles. The number of nitrogens with one attached hydrogen (secondary N) is 3. The average molecular weight is 559 g/mol. The van der Waals surface area contributed by atoms with Gasteiger partial charge >= 0.3 is 12.0 Å². The molecule has 1 atom stereocenters. The third-order valence-electron chi connectivity index (χ3n) is 6.54. The zero-order chi connectivity index (χ0) is 29.8. The monoisotopic (exact) mass is 558 g/mol. The van der Waals surface area contributed by atoms with E-state index in [4.69, 9.17) is 0 Å². The second-order valence-corrected chi connectivity index (χ2v) is 10.4. The van der Waals surface area contributed by atoms with Crippen LogP contribution >= 0.6 is 0 Å². The van der Waals surface area contributed by atoms with Crippen molar-refractivity contribution in [2.75, 3.05) is 23.7 Å². The molecule has 216 valence electrons. The molecular formula is C32H38N4O5. The lowest BCUT2D eigenvalue weighted by molar-refractivity contribution is -0.139. The molecule has 0 saturated heterocycles. The number of rotatable bonds is 13. The fourth-order valence-corrected chi connectivity index (χ4v) is 4.22. The van der Waals surface area contributed by atoms with E-state index in [1.807, 2.05) is 51.1 Å². The number of hydrogen-bond donors (Lipinski definition) is 4. The number of carbonyl (C=O) groups is 4. The standard InChI is InChI=1S/C32H38N4O5/c1-22(2)17-18-36(21-29(37)34-28(20-31(39)40)25-10-5-4-6-11-25)30(38)19-24-13-15-26(16-14-24)33-32(41)35-27-12-8-7-9-23(27)3/h4-16,22,28H,17-21H2,1-3H3,(H,34,37)(H,39,40)(H2,33,35,41)/t28-/m0/s1. The summed E-state index contributed by atoms with van der Waals surface area (Å²) in [5.74, 6) is -1.34. The van der Waals surface area contributed by atoms with Crippen LogP contribution in [0.1, 0.15) is 49.4 Å². The second kappa shape index (κ2) is 15.2. The Morgan fingerprint density at radius 3 is 2.15 bits per heavy atom. The zero-order valence-electron chi connectivity index (χ0n) is 23.7. The van der Waals surface area contributed by atoms with Crippen molar-refractivity contribution in [3.63, 3.8) is 0 Å². The summed E-state index contributed by atoms with van der Waals surface area (Å²) in [6.45, 7) is 6.22. The van der Waals surface area contributed by atoms with Crippen molar-refractivity contribution in [1.82, 2.24) is 10.2 Å². The van der Waals surface area contributed by atoms with E-state index >= 15 is 0 Å². The molecule has 0 unspecified atom stereocenters. The molecule has 0 aliphatic carbocycles. The van der Waals surface area contributed by atoms with E-state index in [0.717, 1.165) is 23.2 Å². The molecule has 3 aromatic carbocycles. The third kappa shape index (κ3) is 10.4. The fourth-order valence-electron chi connectivity index (χ4n) is 4.22. The molecule has 9 nitrogen and oxygen atoms in total. The molecule has 0 aliphatic rings. The quantitative estimate of drug-likeness (QED) is 0.224. The van der Waals surface area contributed by atoms with E-state index in [2.05, 4.69) is 16.0 Å². The highest BCUT2D eigenvalue weighted by Gasteiger charge is 2.22. The number of aliphatic carboxylic acids is 1. The van der Waals surface area contributed by atoms with E-state index in [0.29, 0.717) is 23.7 Å². The van der Waals surface area contributed by atoms with Gasteiger partial charge in [-0.2, -0.15) is 0 Å². The molecule has 0 aliphatic heterocycles. The highest BCUT2D eigenvalue weighted by molar-refractivity contribution is 6.00. The first kappa shape index (κ1) is 30.9. The Hall–Kier alpha value is -4.66. The van der Waals surface area contributed by atoms with Gasteiger partial charge in [-0.25, -0.2) is 4.79 Å². The second-order valence-electron chi connectivity index (χ2n) is 10.4. The number of carboxylic acids is 1. The number of anilines is 2. The van der Waals surface area contributed by atoms with Crippen LogP contribution in [-0.2, 0) is 20.8 Å². The first-order valence-electron chi connectivity index (χ1n) is 13.7. The maximum atomic E-state index is 13.3. The number of benzene rings is 3. The van der Waals surface area contributed by atoms with E-state index in [1.165, 1.54) is 4.90 Å². The molecule has 0 fully saturated rings. The number of carboxylic acid groups (broad SMARTS) is 1. The third-order valence-corrected chi connectivity index (χ3v) is 6.54. The summed E-state index contributed by atoms with van der Waals surface area (Å²) in [6.07, 6.45) is 0.534. The summed E-state index contributed by atoms with van der Waals surface area (Å²) in [4.78, 5) is 51.6. The number of aryl methyl sites for hydroxylation is 1. The largest absolute Gasteiger partial charge is 0.481 e. The Bertz CT molecular complexity index is 1330. The molecular weight excluding hydrogens is 520 g/mol. The summed E-state index contributed by atoms with van der Waals surface area (Å²) in [5, 5.41) is 17.7. The van der Waals surface area contributed by atoms with E-state index < -0.39 is 17.9 Å². The van der Waals surface area contributed by atoms with Gasteiger partial charge in [0.15, 0.2) is 0 Å². The lowest BCUT2D eigenvalue weighted by Crippen LogP contribution is -2.43. The Kier molecular flexibility index (Phi) is 11.5. The van der Waals surface area contributed by atoms with Crippen LogP contribution in [-0.4, -0.2) is 46.9 Å². The van der Waals surface area contributed by atoms with Crippen LogP contribution in [0, 0.1) is 12.8 Å². The van der Waals surface area contributed by atoms with Crippen LogP contribution in [0.2, 0.25) is 0 Å². The van der Waals surface area contributed by atoms with Gasteiger partial charge in [0.05, 0.1) is 25.4 Å². The minimum Gasteiger partial charge on any atom is -0.481 e. The van der Waals surface area contributed by atoms with Crippen molar-refractivity contribution < 1.29 is 24.3 Å². The molecule has 0 bridgehead atoms. The van der Waals surface area contributed by atoms with Crippen molar-refractivity contribution in [2.45, 2.75) is 46.1 Å². The highest BCUT2D eigenvalue weighted by Crippen LogP contribution is 2.18. The van der Waals surface area contributed by atoms with Gasteiger partial charge in [0, 0.05) is 17.9 Å². The van der Waals surface area contributed by atoms with Gasteiger partial charge in [0.25, 0.3) is 0 Å². The van der Waals surface area contributed by atoms with E-state index in [9.17, 15) is 24.3 Å². The number of hydrogen-bond acceptors (Lipinski definition) is 4. The van der Waals surface area contributed by atoms with Crippen LogP contribution in [0.4, 0.5) is 16.2 Å². The Morgan fingerprint density at radius 2 is 1.51 bits per heavy atom. The zero-order valence-corrected chi connectivity index (χ0v) is 23.7. The minimum absolute atomic E-state index is 0.0816. The van der Waals surface area contributed by atoms with Crippen molar-refractivity contribution in [3.05, 3.63) is 95.6 Å². The number of amides is 4. The molecule has 9 heteroatoms. The highest BCUT2D eigenvalue weighted by atomic mass is 16.4. The number of para-hydroxylation sites is 1. The summed E-state index contributed by atoms with van der Waals surface area (Å²) in [5.41, 5.74) is 3.67. The first-order valence-corrected chi connectivity index (χ1v) is 13.7. The van der Waals surface area contributed by atoms with Crippen LogP contribution in [0.25, 0.3) is 0 Å². The predicted molar refractivity (Wildman–Crippen MR) is 160 cm³/mol. The summed E-state index contributed by atoms with van der Waals surface area (Å²) in [6, 6.07) is 22.3. The van der Waals surface area contributed by atoms with Crippen LogP contribution < -0.4 is 16.0 Å². The molecule has 0 spiro atoms. The molecule has 0 aromatic heterocycles. The van der Waals surface area contributed by atoms with Gasteiger partial charge in [0.1, 0.15) is 0 Å². The summed E-state index contributed by atoms with van der Waals surface area (Å²) < 4.78 is 0. The van der Waals surface area contributed by atoms with Crippen LogP contribution in [0.15, 0.2) is 78.9 Å². The Balaban J connectivity index is 1.61. The van der Waals surface area contributed by atoms with Gasteiger partial charge in [0.2, 0.25) is 11.8 Å². The fraction of sp³-hybridized carbons (Fsp3) is 0.312. The van der Waals surface area contributed by atoms with Crippen molar-refractivity contribution in [2.24, 2.45) is 5.92 Å². The Labute approximate surface area is 241 Å². The molecule has 3 aromatic rings. The summed E-state index contributed by atoms with van der Waals surface area (Å²) >= 11 is 0. The molecule has 0 heterocycles. The van der Waals surface area contributed by atoms with E-state index in [-0.39, 0.29) is 31.3 Å². The van der Waals surface area contributed by atoms with Crippen LogP contribution in [0.3, 0.4) is 0 Å². The Morgan fingerprint density at radius 1 is 0.854 bits per heavy atom. The molecule has 4 N–H and O–H groups in total. The topological polar surface area (TPSA) is 128 Å². The van der Waals surface area contributed by atoms with Crippen molar-refractivity contribution >= 4 is 35.2 Å². The van der Waals surface area contributed by atoms with Crippen LogP contribution in [0.5, 0.6) is 0 Å². The van der Waals surface area contributed by atoms with Gasteiger partial charge < -0.3 is 26.0 Å². The summed E-state index contributed by atoms with van der Waals surface area (Å²) in [7, 11) is 0. The number of nitrogens with zero attached hydrogens (tertiary/aromatic N) is 1. The van der Waals surface area contributed by atoms with Gasteiger partial charge in [-0.3, -0.25) is 14.4 Å². The smallest absolute Gasteiger partial charge is 0.323 e. The predicted octanol–water partition coefficient (Wildman–Crippen LogP) is 5.39. The van der Waals surface area contributed by atoms with Gasteiger partial charge in [-0.05, 0) is 54.2 Å². The molecule has 41 heavy (non-hydrogen) atoms. The lowest BCUT2D eigenvalue weighted by Gasteiger charge is -2.25. The lowest BCUT2D eigenvalue weighted by atomic mass is 10.0. The minimum atomic E-state index is -1.03. The SMILES string of the molecule is Cc1ccccc1NC(=O)Nc1ccc(CC(=O)N(CCC(C)C)CC(=O)N[C@@H](CC(=O)O)c2ccccc2)cc1. The normalized spacial score (nSPS) is 11.4.